The van der Waals surface area contributed by atoms with Crippen LogP contribution in [0.4, 0.5) is 0 Å². The average molecular weight is 2330 g/mol. The van der Waals surface area contributed by atoms with Gasteiger partial charge in [0.2, 0.25) is 0 Å². The first-order valence-electron chi connectivity index (χ1n) is 55.0. The van der Waals surface area contributed by atoms with Crippen LogP contribution in [0.2, 0.25) is 0 Å². The molecule has 9 nitrogen and oxygen atoms in total. The van der Waals surface area contributed by atoms with Gasteiger partial charge in [0, 0.05) is 122 Å². The maximum atomic E-state index is 11.7. The van der Waals surface area contributed by atoms with E-state index in [1.807, 2.05) is 110 Å². The Bertz CT molecular complexity index is 7710. The number of allylic oxidation sites excluding steroid dienone is 4. The van der Waals surface area contributed by atoms with Crippen LogP contribution >= 0.6 is 11.3 Å². The standard InChI is InChI=1S/C45H27NS.C28H30N.C27H30N.2C13H24O2.C10H8NO.2Ir/c1-3-11-30-25-32(19-17-28(30)9-1)42-36-14-5-6-15-37(36)43(33-20-18-29-10-2-4-12-31(29)26-33)40-27-34(21-22-38(40)42)44-45-39(23-24-46-44)35-13-7-8-16-41(35)47-45;1-18-12-24(27-15-19-6-7-22(27)14-19)17-25(13-18)28-26-9-8-21(20-4-2-3-5-20)16-23(26)10-11-29-28;1-19-15-24(21-7-3-2-4-8-21)18-25(16-19)27-26-12-11-22(20-9-5-6-10-20)17-23(26)13-14-28-27;2*1-5-10(6-2)12(14)9-13(15)11(7-3)8-4;1-3-8-4-2-6-11-7-12-9(5-1)10(8)11;;/h1-27H;8-12,16-17,19-20,22,27H,2-7,14-15H2,1H3;11-15,17-18,20-21H,2-10H2,1H3;2*9-11,14H,5-8H2,1-4H3;1-6H,7H2;;/q;2*-1;;;+1;;. The number of hydrogen-bond acceptors (Lipinski definition) is 9. The average Bonchev–Trinajstić information content (AvgIpc) is 1.07. The molecule has 13 aromatic carbocycles. The number of aromatic nitrogens is 4. The molecule has 12 heteroatoms. The molecule has 5 saturated carbocycles. The van der Waals surface area contributed by atoms with Gasteiger partial charge in [-0.25, -0.2) is 0 Å². The van der Waals surface area contributed by atoms with Crippen LogP contribution in [0.5, 0.6) is 5.75 Å². The van der Waals surface area contributed by atoms with Crippen molar-refractivity contribution in [3.63, 3.8) is 0 Å². The van der Waals surface area contributed by atoms with Gasteiger partial charge in [-0.15, -0.1) is 81.1 Å². The number of hydrogen-bond donors (Lipinski definition) is 2. The molecule has 5 fully saturated rings. The monoisotopic (exact) mass is 2330 g/mol. The number of benzene rings is 13. The summed E-state index contributed by atoms with van der Waals surface area (Å²) in [5.74, 6) is 6.95. The quantitative estimate of drug-likeness (QED) is 0.0213. The van der Waals surface area contributed by atoms with E-state index in [4.69, 9.17) is 19.7 Å². The molecule has 6 aliphatic rings. The van der Waals surface area contributed by atoms with Crippen LogP contribution < -0.4 is 9.30 Å². The molecule has 5 aliphatic carbocycles. The predicted molar refractivity (Wildman–Crippen MR) is 614 cm³/mol. The predicted octanol–water partition coefficient (Wildman–Crippen LogP) is 37.6. The number of aryl methyl sites for hydroxylation is 2. The van der Waals surface area contributed by atoms with Gasteiger partial charge in [0.15, 0.2) is 23.5 Å². The summed E-state index contributed by atoms with van der Waals surface area (Å²) in [6, 6.07) is 103. The molecule has 6 heterocycles. The zero-order valence-electron chi connectivity index (χ0n) is 87.9. The van der Waals surface area contributed by atoms with Crippen molar-refractivity contribution in [2.75, 3.05) is 0 Å². The van der Waals surface area contributed by atoms with Gasteiger partial charge in [0.1, 0.15) is 0 Å². The molecule has 0 amide bonds. The largest absolute Gasteiger partial charge is 0.512 e. The Hall–Kier alpha value is -12.0. The van der Waals surface area contributed by atoms with Gasteiger partial charge in [0.25, 0.3) is 12.2 Å². The fraction of sp³-hybridized carbons (Fsp3) is 0.338. The van der Waals surface area contributed by atoms with E-state index in [1.165, 1.54) is 284 Å². The molecule has 0 saturated heterocycles. The SMILES string of the molecule is CCC(CC)C(=O)C=C(O)C(CC)CC.CCC(CC)C(=O)C=C(O)C(CC)CC.Cc1[c-]c(-c2nccc3cc(C4CCCC4)ccc23)cc(C2CC3CCC2C3)c1.Cc1[c-]c(-c2nccc3cc(C4CCCC4)ccc23)cc(C2CCCCC2)c1.[Ir].[Ir].c1cc2c3c(c1)ccc[n+]3CO2.c1ccc2cc(-c3c4ccccc4c(-c4ccc5ccccc5c4)c4cc(-c5nccc6c5sc5ccccc56)ccc34)ccc2c1. The van der Waals surface area contributed by atoms with Crippen molar-refractivity contribution in [2.24, 2.45) is 35.5 Å². The van der Waals surface area contributed by atoms with Crippen molar-refractivity contribution in [1.82, 2.24) is 15.0 Å². The van der Waals surface area contributed by atoms with Crippen LogP contribution in [0.25, 0.3) is 152 Å². The van der Waals surface area contributed by atoms with E-state index in [0.29, 0.717) is 12.6 Å². The second-order valence-corrected chi connectivity index (χ2v) is 43.2. The van der Waals surface area contributed by atoms with E-state index in [0.717, 1.165) is 109 Å². The van der Waals surface area contributed by atoms with Crippen molar-refractivity contribution in [3.8, 4) is 61.8 Å². The third kappa shape index (κ3) is 23.9. The second kappa shape index (κ2) is 50.1. The summed E-state index contributed by atoms with van der Waals surface area (Å²) in [6.45, 7) is 21.2. The van der Waals surface area contributed by atoms with E-state index in [-0.39, 0.29) is 87.0 Å². The maximum Gasteiger partial charge on any atom is 0.293 e. The van der Waals surface area contributed by atoms with E-state index in [2.05, 4.69) is 273 Å². The number of aliphatic hydroxyl groups is 2. The molecule has 3 unspecified atom stereocenters. The van der Waals surface area contributed by atoms with E-state index in [1.54, 1.807) is 0 Å². The molecule has 2 N–H and O–H groups in total. The minimum absolute atomic E-state index is 0. The molecule has 2 bridgehead atoms. The fourth-order valence-electron chi connectivity index (χ4n) is 24.9. The number of thiophene rings is 1. The van der Waals surface area contributed by atoms with Crippen LogP contribution in [0, 0.1) is 61.5 Å². The van der Waals surface area contributed by atoms with Crippen LogP contribution in [0.1, 0.15) is 273 Å². The normalized spacial score (nSPS) is 16.1. The molecular formula is C136H143Ir2N4O5S-. The Morgan fingerprint density at radius 3 is 1.35 bits per heavy atom. The van der Waals surface area contributed by atoms with Crippen LogP contribution in [-0.4, -0.2) is 36.7 Å². The van der Waals surface area contributed by atoms with Gasteiger partial charge in [0.05, 0.1) is 27.3 Å². The topological polar surface area (TPSA) is 126 Å². The van der Waals surface area contributed by atoms with E-state index < -0.39 is 0 Å². The van der Waals surface area contributed by atoms with Gasteiger partial charge >= 0.3 is 0 Å². The molecule has 148 heavy (non-hydrogen) atoms. The number of pyridine rings is 4. The zero-order chi connectivity index (χ0) is 101. The van der Waals surface area contributed by atoms with E-state index in [9.17, 15) is 19.8 Å². The molecule has 5 aromatic heterocycles. The molecule has 1 aliphatic heterocycles. The number of ether oxygens (including phenoxy) is 1. The Morgan fingerprint density at radius 1 is 0.378 bits per heavy atom. The molecule has 0 spiro atoms. The summed E-state index contributed by atoms with van der Waals surface area (Å²) in [4.78, 5) is 38.1. The molecular weight excluding hydrogens is 2190 g/mol. The van der Waals surface area contributed by atoms with Gasteiger partial charge in [-0.2, -0.15) is 4.57 Å². The first-order chi connectivity index (χ1) is 71.5. The van der Waals surface area contributed by atoms with Crippen molar-refractivity contribution in [2.45, 2.75) is 260 Å². The fourth-order valence-corrected chi connectivity index (χ4v) is 26.1. The minimum Gasteiger partial charge on any atom is -0.512 e. The number of aliphatic hydroxyl groups excluding tert-OH is 2. The van der Waals surface area contributed by atoms with Gasteiger partial charge in [-0.3, -0.25) is 14.6 Å². The summed E-state index contributed by atoms with van der Waals surface area (Å²) < 4.78 is 10.1. The summed E-state index contributed by atoms with van der Waals surface area (Å²) in [7, 11) is 0. The second-order valence-electron chi connectivity index (χ2n) is 42.1. The van der Waals surface area contributed by atoms with Gasteiger partial charge in [-0.1, -0.05) is 290 Å². The number of ketones is 2. The Morgan fingerprint density at radius 2 is 0.824 bits per heavy atom. The number of nitrogens with zero attached hydrogens (tertiary/aromatic N) is 4. The van der Waals surface area contributed by atoms with Crippen LogP contribution in [0.3, 0.4) is 0 Å². The zero-order valence-corrected chi connectivity index (χ0v) is 93.5. The molecule has 18 aromatic rings. The summed E-state index contributed by atoms with van der Waals surface area (Å²) >= 11 is 1.83. The molecule has 24 rings (SSSR count). The number of fused-ring (bicyclic) bond motifs is 11. The van der Waals surface area contributed by atoms with E-state index >= 15 is 0 Å². The number of para-hydroxylation sites is 1. The van der Waals surface area contributed by atoms with Gasteiger partial charge < -0.3 is 24.9 Å². The van der Waals surface area contributed by atoms with Crippen molar-refractivity contribution >= 4 is 119 Å². The molecule has 762 valence electrons. The Kier molecular flexibility index (Phi) is 36.3. The summed E-state index contributed by atoms with van der Waals surface area (Å²) in [5, 5.41) is 38.5. The number of rotatable bonds is 23. The molecule has 3 atom stereocenters. The summed E-state index contributed by atoms with van der Waals surface area (Å²) in [5.41, 5.74) is 21.5. The third-order valence-electron chi connectivity index (χ3n) is 33.1. The minimum atomic E-state index is 0. The van der Waals surface area contributed by atoms with Crippen molar-refractivity contribution < 1.29 is 69.3 Å². The van der Waals surface area contributed by atoms with Gasteiger partial charge in [-0.05, 0) is 315 Å². The first kappa shape index (κ1) is 107. The number of carbonyl (C=O) groups is 2. The van der Waals surface area contributed by atoms with Crippen LogP contribution in [0.15, 0.2) is 309 Å². The van der Waals surface area contributed by atoms with Crippen LogP contribution in [-0.2, 0) is 56.5 Å². The smallest absolute Gasteiger partial charge is 0.293 e. The first-order valence-corrected chi connectivity index (χ1v) is 55.8. The number of carbonyl (C=O) groups excluding carboxylic acids is 2. The molecule has 2 radical (unpaired) electrons. The maximum absolute atomic E-state index is 11.7. The Labute approximate surface area is 907 Å². The Balaban J connectivity index is 0.000000129. The third-order valence-corrected chi connectivity index (χ3v) is 34.3. The van der Waals surface area contributed by atoms with Crippen molar-refractivity contribution in [3.05, 3.63) is 355 Å². The summed E-state index contributed by atoms with van der Waals surface area (Å²) in [6.07, 6.45) is 41.2. The van der Waals surface area contributed by atoms with Crippen molar-refractivity contribution in [1.29, 1.82) is 0 Å².